The van der Waals surface area contributed by atoms with Crippen LogP contribution >= 0.6 is 11.8 Å². The molecule has 2 N–H and O–H groups in total. The molecule has 0 amide bonds. The summed E-state index contributed by atoms with van der Waals surface area (Å²) in [6.45, 7) is 7.49. The zero-order valence-corrected chi connectivity index (χ0v) is 19.3. The number of aliphatic hydroxyl groups excluding tert-OH is 1. The Labute approximate surface area is 186 Å². The van der Waals surface area contributed by atoms with Gasteiger partial charge < -0.3 is 10.2 Å². The summed E-state index contributed by atoms with van der Waals surface area (Å²) >= 11 is 0.470. The third-order valence-corrected chi connectivity index (χ3v) is 10.4. The van der Waals surface area contributed by atoms with Crippen molar-refractivity contribution in [3.63, 3.8) is 0 Å². The second-order valence-electron chi connectivity index (χ2n) is 10.4. The Bertz CT molecular complexity index is 874. The molecule has 4 rings (SSSR count). The molecule has 31 heavy (non-hydrogen) atoms. The Balaban J connectivity index is 1.88. The fraction of sp³-hybridized carbons (Fsp3) is 0.750. The lowest BCUT2D eigenvalue weighted by Gasteiger charge is -2.67. The average molecular weight is 455 g/mol. The molecular weight excluding hydrogens is 422 g/mol. The molecule has 0 radical (unpaired) electrons. The van der Waals surface area contributed by atoms with Crippen LogP contribution in [0.1, 0.15) is 53.4 Å². The summed E-state index contributed by atoms with van der Waals surface area (Å²) in [4.78, 5) is 24.9. The van der Waals surface area contributed by atoms with Crippen molar-refractivity contribution >= 4 is 22.7 Å². The number of ketones is 1. The van der Waals surface area contributed by atoms with Crippen LogP contribution in [0.2, 0.25) is 0 Å². The predicted octanol–water partition coefficient (Wildman–Crippen LogP) is 4.16. The Morgan fingerprint density at radius 2 is 1.97 bits per heavy atom. The van der Waals surface area contributed by atoms with Gasteiger partial charge >= 0.3 is 0 Å². The van der Waals surface area contributed by atoms with Crippen molar-refractivity contribution in [2.75, 3.05) is 6.01 Å². The van der Waals surface area contributed by atoms with E-state index in [4.69, 9.17) is 0 Å². The average Bonchev–Trinajstić information content (AvgIpc) is 2.91. The van der Waals surface area contributed by atoms with Gasteiger partial charge in [-0.05, 0) is 61.2 Å². The quantitative estimate of drug-likeness (QED) is 0.670. The van der Waals surface area contributed by atoms with E-state index in [0.29, 0.717) is 30.2 Å². The fourth-order valence-electron chi connectivity index (χ4n) is 8.21. The lowest BCUT2D eigenvalue weighted by Crippen LogP contribution is -2.68. The molecule has 4 nitrogen and oxygen atoms in total. The van der Waals surface area contributed by atoms with Gasteiger partial charge in [0.2, 0.25) is 5.12 Å². The number of alkyl halides is 2. The number of thioether (sulfide) groups is 1. The van der Waals surface area contributed by atoms with E-state index < -0.39 is 51.2 Å². The molecule has 3 fully saturated rings. The van der Waals surface area contributed by atoms with Crippen LogP contribution in [0.5, 0.6) is 0 Å². The molecule has 9 unspecified atom stereocenters. The summed E-state index contributed by atoms with van der Waals surface area (Å²) in [5.41, 5.74) is -3.90. The molecule has 0 bridgehead atoms. The van der Waals surface area contributed by atoms with Gasteiger partial charge in [-0.2, -0.15) is 0 Å². The molecule has 0 heterocycles. The van der Waals surface area contributed by atoms with E-state index in [1.807, 2.05) is 20.8 Å². The number of halogens is 2. The number of fused-ring (bicyclic) bond motifs is 5. The first-order chi connectivity index (χ1) is 14.4. The van der Waals surface area contributed by atoms with Crippen LogP contribution in [0, 0.1) is 34.0 Å². The number of hydrogen-bond donors (Lipinski definition) is 2. The Hall–Kier alpha value is -1.05. The van der Waals surface area contributed by atoms with Gasteiger partial charge in [0.15, 0.2) is 5.78 Å². The van der Waals surface area contributed by atoms with Gasteiger partial charge in [-0.1, -0.05) is 45.5 Å². The standard InChI is InChI=1S/C24H32F2O4S/c1-5-23-16(10-18(26)17-9-14(27)6-7-21(17,23)3)15-8-13(2)24(30,20(29)31-12-25)22(15,4)11-19(23)28/h6-7,9,13,15-16,18-19,28,30H,5,8,10-12H2,1-4H3. The molecule has 3 saturated carbocycles. The molecule has 0 aromatic carbocycles. The predicted molar refractivity (Wildman–Crippen MR) is 116 cm³/mol. The minimum Gasteiger partial charge on any atom is -0.392 e. The minimum atomic E-state index is -1.78. The first kappa shape index (κ1) is 23.1. The summed E-state index contributed by atoms with van der Waals surface area (Å²) in [6.07, 6.45) is 3.75. The van der Waals surface area contributed by atoms with E-state index in [1.54, 1.807) is 13.0 Å². The fourth-order valence-corrected chi connectivity index (χ4v) is 8.97. The van der Waals surface area contributed by atoms with Gasteiger partial charge in [-0.3, -0.25) is 9.59 Å². The summed E-state index contributed by atoms with van der Waals surface area (Å²) in [5.74, 6) is -1.17. The van der Waals surface area contributed by atoms with Crippen molar-refractivity contribution < 1.29 is 28.6 Å². The largest absolute Gasteiger partial charge is 0.392 e. The molecule has 7 heteroatoms. The van der Waals surface area contributed by atoms with Crippen LogP contribution in [0.3, 0.4) is 0 Å². The molecule has 0 aromatic heterocycles. The van der Waals surface area contributed by atoms with E-state index in [9.17, 15) is 24.2 Å². The highest BCUT2D eigenvalue weighted by molar-refractivity contribution is 8.13. The van der Waals surface area contributed by atoms with Gasteiger partial charge in [0.1, 0.15) is 17.8 Å². The van der Waals surface area contributed by atoms with Crippen molar-refractivity contribution in [1.82, 2.24) is 0 Å². The van der Waals surface area contributed by atoms with E-state index >= 15 is 4.39 Å². The van der Waals surface area contributed by atoms with Crippen molar-refractivity contribution in [3.05, 3.63) is 23.8 Å². The SMILES string of the molecule is CCC12C(O)CC3(C)C(CC(C)C3(O)C(=O)SCF)C1CC(F)C1=CC(=O)C=CC12C. The second kappa shape index (κ2) is 7.22. The van der Waals surface area contributed by atoms with Gasteiger partial charge in [0, 0.05) is 16.2 Å². The highest BCUT2D eigenvalue weighted by Gasteiger charge is 2.75. The van der Waals surface area contributed by atoms with Crippen LogP contribution in [0.4, 0.5) is 8.78 Å². The Morgan fingerprint density at radius 3 is 2.58 bits per heavy atom. The van der Waals surface area contributed by atoms with Crippen molar-refractivity contribution in [2.45, 2.75) is 71.3 Å². The monoisotopic (exact) mass is 454 g/mol. The second-order valence-corrected chi connectivity index (χ2v) is 11.3. The summed E-state index contributed by atoms with van der Waals surface area (Å²) < 4.78 is 28.6. The molecule has 4 aliphatic rings. The van der Waals surface area contributed by atoms with Crippen molar-refractivity contribution in [3.8, 4) is 0 Å². The van der Waals surface area contributed by atoms with Crippen LogP contribution < -0.4 is 0 Å². The maximum absolute atomic E-state index is 15.6. The summed E-state index contributed by atoms with van der Waals surface area (Å²) in [5, 5.41) is 22.7. The zero-order valence-electron chi connectivity index (χ0n) is 18.5. The summed E-state index contributed by atoms with van der Waals surface area (Å²) in [7, 11) is 0. The molecule has 0 saturated heterocycles. The zero-order chi connectivity index (χ0) is 23.0. The van der Waals surface area contributed by atoms with Crippen molar-refractivity contribution in [2.24, 2.45) is 34.0 Å². The van der Waals surface area contributed by atoms with E-state index in [2.05, 4.69) is 0 Å². The number of allylic oxidation sites excluding steroid dienone is 4. The van der Waals surface area contributed by atoms with Crippen LogP contribution in [-0.4, -0.2) is 45.0 Å². The Kier molecular flexibility index (Phi) is 5.39. The minimum absolute atomic E-state index is 0.140. The van der Waals surface area contributed by atoms with Gasteiger partial charge in [0.05, 0.1) is 6.10 Å². The molecule has 9 atom stereocenters. The van der Waals surface area contributed by atoms with Crippen LogP contribution in [-0.2, 0) is 9.59 Å². The number of carbonyl (C=O) groups excluding carboxylic acids is 2. The number of aliphatic hydroxyl groups is 2. The van der Waals surface area contributed by atoms with Crippen LogP contribution in [0.15, 0.2) is 23.8 Å². The smallest absolute Gasteiger partial charge is 0.223 e. The van der Waals surface area contributed by atoms with Crippen molar-refractivity contribution in [1.29, 1.82) is 0 Å². The van der Waals surface area contributed by atoms with E-state index in [0.717, 1.165) is 0 Å². The molecular formula is C24H32F2O4S. The molecule has 172 valence electrons. The lowest BCUT2D eigenvalue weighted by atomic mass is 9.38. The molecule has 0 spiro atoms. The third kappa shape index (κ3) is 2.60. The maximum atomic E-state index is 15.6. The lowest BCUT2D eigenvalue weighted by molar-refractivity contribution is -0.216. The number of hydrogen-bond acceptors (Lipinski definition) is 5. The molecule has 0 aliphatic heterocycles. The van der Waals surface area contributed by atoms with Gasteiger partial charge in [0.25, 0.3) is 0 Å². The molecule has 0 aromatic rings. The molecule has 4 aliphatic carbocycles. The highest BCUT2D eigenvalue weighted by atomic mass is 32.2. The number of rotatable bonds is 3. The normalized spacial score (nSPS) is 51.0. The first-order valence-electron chi connectivity index (χ1n) is 11.2. The first-order valence-corrected chi connectivity index (χ1v) is 12.2. The van der Waals surface area contributed by atoms with Crippen LogP contribution in [0.25, 0.3) is 0 Å². The van der Waals surface area contributed by atoms with Gasteiger partial charge in [-0.25, -0.2) is 8.78 Å². The maximum Gasteiger partial charge on any atom is 0.223 e. The third-order valence-electron chi connectivity index (χ3n) is 9.69. The van der Waals surface area contributed by atoms with E-state index in [-0.39, 0.29) is 30.5 Å². The number of carbonyl (C=O) groups is 2. The topological polar surface area (TPSA) is 74.6 Å². The van der Waals surface area contributed by atoms with Gasteiger partial charge in [-0.15, -0.1) is 0 Å². The summed E-state index contributed by atoms with van der Waals surface area (Å²) in [6, 6.07) is -0.920. The van der Waals surface area contributed by atoms with E-state index in [1.165, 1.54) is 12.2 Å². The Morgan fingerprint density at radius 1 is 1.29 bits per heavy atom. The highest BCUT2D eigenvalue weighted by Crippen LogP contribution is 2.74.